The van der Waals surface area contributed by atoms with Crippen molar-refractivity contribution in [3.05, 3.63) is 65.0 Å². The highest BCUT2D eigenvalue weighted by atomic mass is 35.5. The van der Waals surface area contributed by atoms with E-state index in [1.807, 2.05) is 12.1 Å². The molecule has 3 rings (SSSR count). The van der Waals surface area contributed by atoms with Crippen LogP contribution in [0.25, 0.3) is 0 Å². The van der Waals surface area contributed by atoms with Crippen molar-refractivity contribution in [3.63, 3.8) is 0 Å². The number of hydrogen-bond acceptors (Lipinski definition) is 5. The molecule has 7 heteroatoms. The van der Waals surface area contributed by atoms with Crippen LogP contribution in [0.5, 0.6) is 11.6 Å². The number of allylic oxidation sites excluding steroid dienone is 1. The Hall–Kier alpha value is -2.86. The van der Waals surface area contributed by atoms with Crippen molar-refractivity contribution in [3.8, 4) is 11.6 Å². The van der Waals surface area contributed by atoms with Gasteiger partial charge >= 0.3 is 0 Å². The lowest BCUT2D eigenvalue weighted by atomic mass is 9.94. The molecule has 0 bridgehead atoms. The molecule has 1 aromatic carbocycles. The van der Waals surface area contributed by atoms with Gasteiger partial charge in [0, 0.05) is 11.2 Å². The van der Waals surface area contributed by atoms with Crippen LogP contribution in [0, 0.1) is 0 Å². The highest BCUT2D eigenvalue weighted by Gasteiger charge is 2.35. The number of aromatic nitrogens is 1. The summed E-state index contributed by atoms with van der Waals surface area (Å²) in [6.45, 7) is 0.337. The second-order valence-electron chi connectivity index (χ2n) is 5.69. The molecule has 2 heterocycles. The van der Waals surface area contributed by atoms with E-state index in [2.05, 4.69) is 4.98 Å². The molecule has 0 aliphatic carbocycles. The molecule has 1 atom stereocenters. The maximum atomic E-state index is 12.9. The zero-order chi connectivity index (χ0) is 18.7. The van der Waals surface area contributed by atoms with Crippen molar-refractivity contribution >= 4 is 23.3 Å². The Kier molecular flexibility index (Phi) is 5.23. The quantitative estimate of drug-likeness (QED) is 0.755. The average Bonchev–Trinajstić information content (AvgIpc) is 2.65. The van der Waals surface area contributed by atoms with Crippen LogP contribution in [0.15, 0.2) is 48.7 Å². The molecule has 0 radical (unpaired) electrons. The molecule has 0 N–H and O–H groups in total. The fraction of sp³-hybridized carbons (Fsp3) is 0.211. The molecule has 0 fully saturated rings. The summed E-state index contributed by atoms with van der Waals surface area (Å²) in [7, 11) is 2.94. The summed E-state index contributed by atoms with van der Waals surface area (Å²) >= 11 is 5.89. The van der Waals surface area contributed by atoms with Gasteiger partial charge in [-0.1, -0.05) is 23.7 Å². The molecule has 26 heavy (non-hydrogen) atoms. The van der Waals surface area contributed by atoms with Gasteiger partial charge in [0.25, 0.3) is 5.88 Å². The van der Waals surface area contributed by atoms with Gasteiger partial charge in [-0.25, -0.2) is 4.98 Å². The van der Waals surface area contributed by atoms with Gasteiger partial charge in [0.2, 0.25) is 5.91 Å². The summed E-state index contributed by atoms with van der Waals surface area (Å²) in [5.74, 6) is -1.01. The minimum absolute atomic E-state index is 0.226. The Bertz CT molecular complexity index is 864. The number of methoxy groups -OCH3 is 2. The zero-order valence-corrected chi connectivity index (χ0v) is 15.1. The van der Waals surface area contributed by atoms with Crippen LogP contribution in [0.2, 0.25) is 5.02 Å². The molecular formula is C19H17ClN2O4. The largest absolute Gasteiger partial charge is 0.491 e. The lowest BCUT2D eigenvalue weighted by Gasteiger charge is -2.26. The maximum Gasteiger partial charge on any atom is 0.256 e. The lowest BCUT2D eigenvalue weighted by Crippen LogP contribution is -2.38. The SMILES string of the molecule is COc1ccc(C2C(=O)C=CN(Cc3ccc(Cl)cc3)C2=O)nc1OC. The van der Waals surface area contributed by atoms with Crippen molar-refractivity contribution in [2.45, 2.75) is 12.5 Å². The monoisotopic (exact) mass is 372 g/mol. The predicted octanol–water partition coefficient (Wildman–Crippen LogP) is 2.96. The number of hydrogen-bond donors (Lipinski definition) is 0. The average molecular weight is 373 g/mol. The molecule has 6 nitrogen and oxygen atoms in total. The minimum atomic E-state index is -1.01. The Morgan fingerprint density at radius 1 is 1.08 bits per heavy atom. The van der Waals surface area contributed by atoms with Crippen LogP contribution < -0.4 is 9.47 Å². The van der Waals surface area contributed by atoms with Gasteiger partial charge in [-0.15, -0.1) is 0 Å². The van der Waals surface area contributed by atoms with Crippen LogP contribution in [-0.2, 0) is 16.1 Å². The van der Waals surface area contributed by atoms with E-state index in [1.165, 1.54) is 31.4 Å². The van der Waals surface area contributed by atoms with Crippen molar-refractivity contribution < 1.29 is 19.1 Å². The Morgan fingerprint density at radius 3 is 2.46 bits per heavy atom. The first-order chi connectivity index (χ1) is 12.5. The van der Waals surface area contributed by atoms with Crippen molar-refractivity contribution in [2.75, 3.05) is 14.2 Å². The van der Waals surface area contributed by atoms with E-state index in [9.17, 15) is 9.59 Å². The van der Waals surface area contributed by atoms with E-state index in [1.54, 1.807) is 24.3 Å². The molecule has 1 aliphatic heterocycles. The van der Waals surface area contributed by atoms with Crippen LogP contribution >= 0.6 is 11.6 Å². The van der Waals surface area contributed by atoms with E-state index >= 15 is 0 Å². The van der Waals surface area contributed by atoms with Crippen LogP contribution in [-0.4, -0.2) is 35.8 Å². The summed E-state index contributed by atoms with van der Waals surface area (Å²) in [5, 5.41) is 0.622. The van der Waals surface area contributed by atoms with E-state index < -0.39 is 5.92 Å². The molecule has 1 aliphatic rings. The first-order valence-corrected chi connectivity index (χ1v) is 8.27. The van der Waals surface area contributed by atoms with Gasteiger partial charge in [-0.2, -0.15) is 0 Å². The topological polar surface area (TPSA) is 68.7 Å². The summed E-state index contributed by atoms with van der Waals surface area (Å²) in [6.07, 6.45) is 2.89. The standard InChI is InChI=1S/C19H17ClN2O4/c1-25-16-8-7-14(21-18(16)26-2)17-15(23)9-10-22(19(17)24)11-12-3-5-13(20)6-4-12/h3-10,17H,11H2,1-2H3. The Balaban J connectivity index is 1.88. The maximum absolute atomic E-state index is 12.9. The number of carbonyl (C=O) groups excluding carboxylic acids is 2. The predicted molar refractivity (Wildman–Crippen MR) is 96.2 cm³/mol. The minimum Gasteiger partial charge on any atom is -0.491 e. The molecule has 0 saturated carbocycles. The van der Waals surface area contributed by atoms with Gasteiger partial charge in [0.05, 0.1) is 26.5 Å². The van der Waals surface area contributed by atoms with E-state index in [4.69, 9.17) is 21.1 Å². The fourth-order valence-corrected chi connectivity index (χ4v) is 2.84. The second kappa shape index (κ2) is 7.58. The number of pyridine rings is 1. The molecule has 1 amide bonds. The summed E-state index contributed by atoms with van der Waals surface area (Å²) in [6, 6.07) is 10.4. The molecule has 0 saturated heterocycles. The normalized spacial score (nSPS) is 16.7. The van der Waals surface area contributed by atoms with E-state index in [-0.39, 0.29) is 17.6 Å². The summed E-state index contributed by atoms with van der Waals surface area (Å²) in [5.41, 5.74) is 1.23. The Labute approximate surface area is 156 Å². The van der Waals surface area contributed by atoms with Gasteiger partial charge in [-0.3, -0.25) is 9.59 Å². The van der Waals surface area contributed by atoms with Crippen LogP contribution in [0.1, 0.15) is 17.2 Å². The molecule has 1 unspecified atom stereocenters. The van der Waals surface area contributed by atoms with Crippen molar-refractivity contribution in [2.24, 2.45) is 0 Å². The second-order valence-corrected chi connectivity index (χ2v) is 6.13. The Morgan fingerprint density at radius 2 is 1.81 bits per heavy atom. The van der Waals surface area contributed by atoms with Gasteiger partial charge in [-0.05, 0) is 35.9 Å². The number of nitrogens with zero attached hydrogens (tertiary/aromatic N) is 2. The number of halogens is 1. The highest BCUT2D eigenvalue weighted by Crippen LogP contribution is 2.30. The molecule has 0 spiro atoms. The third kappa shape index (κ3) is 3.55. The van der Waals surface area contributed by atoms with Gasteiger partial charge < -0.3 is 14.4 Å². The lowest BCUT2D eigenvalue weighted by molar-refractivity contribution is -0.136. The number of amides is 1. The summed E-state index contributed by atoms with van der Waals surface area (Å²) < 4.78 is 10.3. The number of carbonyl (C=O) groups is 2. The highest BCUT2D eigenvalue weighted by molar-refractivity contribution is 6.30. The van der Waals surface area contributed by atoms with Gasteiger partial charge in [0.1, 0.15) is 5.92 Å². The smallest absolute Gasteiger partial charge is 0.256 e. The van der Waals surface area contributed by atoms with Gasteiger partial charge in [0.15, 0.2) is 11.5 Å². The number of benzene rings is 1. The van der Waals surface area contributed by atoms with Crippen LogP contribution in [0.3, 0.4) is 0 Å². The van der Waals surface area contributed by atoms with E-state index in [0.29, 0.717) is 23.0 Å². The zero-order valence-electron chi connectivity index (χ0n) is 14.3. The van der Waals surface area contributed by atoms with Crippen molar-refractivity contribution in [1.29, 1.82) is 0 Å². The number of rotatable bonds is 5. The molecule has 134 valence electrons. The first kappa shape index (κ1) is 17.9. The molecule has 1 aromatic heterocycles. The third-order valence-corrected chi connectivity index (χ3v) is 4.31. The molecule has 2 aromatic rings. The molecular weight excluding hydrogens is 356 g/mol. The van der Waals surface area contributed by atoms with Crippen LogP contribution in [0.4, 0.5) is 0 Å². The summed E-state index contributed by atoms with van der Waals surface area (Å²) in [4.78, 5) is 31.0. The third-order valence-electron chi connectivity index (χ3n) is 4.06. The number of ether oxygens (including phenoxy) is 2. The van der Waals surface area contributed by atoms with E-state index in [0.717, 1.165) is 5.56 Å². The first-order valence-electron chi connectivity index (χ1n) is 7.89. The van der Waals surface area contributed by atoms with Crippen molar-refractivity contribution in [1.82, 2.24) is 9.88 Å². The number of ketones is 1. The fourth-order valence-electron chi connectivity index (χ4n) is 2.71.